The minimum absolute atomic E-state index is 0.0227. The van der Waals surface area contributed by atoms with Gasteiger partial charge in [-0.25, -0.2) is 9.37 Å². The van der Waals surface area contributed by atoms with Gasteiger partial charge in [0, 0.05) is 57.2 Å². The molecule has 2 aromatic heterocycles. The molecule has 1 aliphatic heterocycles. The van der Waals surface area contributed by atoms with Gasteiger partial charge in [-0.1, -0.05) is 12.6 Å². The molecule has 5 rings (SSSR count). The molecule has 10 nitrogen and oxygen atoms in total. The Morgan fingerprint density at radius 2 is 1.93 bits per heavy atom. The molecule has 230 valence electrons. The van der Waals surface area contributed by atoms with Crippen LogP contribution < -0.4 is 15.4 Å². The second-order valence-corrected chi connectivity index (χ2v) is 11.3. The van der Waals surface area contributed by atoms with Crippen LogP contribution in [0.25, 0.3) is 0 Å². The summed E-state index contributed by atoms with van der Waals surface area (Å²) in [6.07, 6.45) is 6.37. The number of carbonyl (C=O) groups excluding carboxylic acids is 3. The van der Waals surface area contributed by atoms with Crippen molar-refractivity contribution in [1.82, 2.24) is 25.1 Å². The number of piperazine rings is 1. The minimum Gasteiger partial charge on any atom is -0.482 e. The van der Waals surface area contributed by atoms with E-state index in [9.17, 15) is 18.8 Å². The van der Waals surface area contributed by atoms with Gasteiger partial charge < -0.3 is 20.3 Å². The molecule has 11 heteroatoms. The van der Waals surface area contributed by atoms with Gasteiger partial charge in [-0.15, -0.1) is 0 Å². The Hall–Kier alpha value is -4.64. The van der Waals surface area contributed by atoms with Gasteiger partial charge in [0.2, 0.25) is 5.91 Å². The number of halogens is 1. The smallest absolute Gasteiger partial charge is 0.257 e. The van der Waals surface area contributed by atoms with Crippen LogP contribution in [0.15, 0.2) is 61.4 Å². The molecule has 2 N–H and O–H groups in total. The van der Waals surface area contributed by atoms with E-state index < -0.39 is 23.7 Å². The Kier molecular flexibility index (Phi) is 9.34. The normalized spacial score (nSPS) is 17.5. The van der Waals surface area contributed by atoms with Crippen LogP contribution in [0.2, 0.25) is 0 Å². The van der Waals surface area contributed by atoms with Crippen molar-refractivity contribution >= 4 is 23.5 Å². The maximum Gasteiger partial charge on any atom is 0.257 e. The van der Waals surface area contributed by atoms with Crippen molar-refractivity contribution in [1.29, 1.82) is 0 Å². The second-order valence-electron chi connectivity index (χ2n) is 11.3. The third-order valence-electron chi connectivity index (χ3n) is 8.08. The number of benzene rings is 1. The molecule has 3 amide bonds. The molecule has 2 atom stereocenters. The van der Waals surface area contributed by atoms with Gasteiger partial charge >= 0.3 is 0 Å². The lowest BCUT2D eigenvalue weighted by Crippen LogP contribution is -2.54. The van der Waals surface area contributed by atoms with E-state index in [-0.39, 0.29) is 34.6 Å². The number of carbonyl (C=O) groups is 3. The molecule has 1 saturated heterocycles. The predicted molar refractivity (Wildman–Crippen MR) is 164 cm³/mol. The van der Waals surface area contributed by atoms with Crippen molar-refractivity contribution in [2.24, 2.45) is 0 Å². The molecule has 1 aromatic carbocycles. The van der Waals surface area contributed by atoms with E-state index in [0.717, 1.165) is 12.8 Å². The van der Waals surface area contributed by atoms with Crippen molar-refractivity contribution in [3.63, 3.8) is 0 Å². The zero-order valence-corrected chi connectivity index (χ0v) is 25.2. The number of amides is 3. The molecule has 44 heavy (non-hydrogen) atoms. The summed E-state index contributed by atoms with van der Waals surface area (Å²) in [4.78, 5) is 51.2. The number of anilines is 1. The summed E-state index contributed by atoms with van der Waals surface area (Å²) in [5, 5.41) is 5.10. The van der Waals surface area contributed by atoms with Crippen molar-refractivity contribution in [3.8, 4) is 5.75 Å². The van der Waals surface area contributed by atoms with E-state index in [4.69, 9.17) is 9.72 Å². The Balaban J connectivity index is 1.44. The van der Waals surface area contributed by atoms with Crippen LogP contribution in [0.4, 0.5) is 10.2 Å². The number of ether oxygens (including phenoxy) is 1. The number of pyridine rings is 2. The lowest BCUT2D eigenvalue weighted by molar-refractivity contribution is -0.130. The highest BCUT2D eigenvalue weighted by Crippen LogP contribution is 2.40. The van der Waals surface area contributed by atoms with E-state index in [1.54, 1.807) is 17.9 Å². The summed E-state index contributed by atoms with van der Waals surface area (Å²) in [7, 11) is 1.50. The van der Waals surface area contributed by atoms with Crippen LogP contribution in [-0.4, -0.2) is 76.8 Å². The molecule has 1 aliphatic carbocycles. The van der Waals surface area contributed by atoms with Gasteiger partial charge in [-0.3, -0.25) is 24.3 Å². The number of aromatic nitrogens is 2. The Morgan fingerprint density at radius 3 is 2.57 bits per heavy atom. The quantitative estimate of drug-likeness (QED) is 0.334. The highest BCUT2D eigenvalue weighted by molar-refractivity contribution is 6.07. The second kappa shape index (κ2) is 13.3. The zero-order valence-electron chi connectivity index (χ0n) is 25.2. The number of nitrogens with zero attached hydrogens (tertiary/aromatic N) is 4. The van der Waals surface area contributed by atoms with Crippen LogP contribution in [-0.2, 0) is 4.79 Å². The van der Waals surface area contributed by atoms with E-state index in [2.05, 4.69) is 33.2 Å². The van der Waals surface area contributed by atoms with E-state index >= 15 is 0 Å². The highest BCUT2D eigenvalue weighted by Gasteiger charge is 2.31. The Bertz CT molecular complexity index is 1560. The predicted octanol–water partition coefficient (Wildman–Crippen LogP) is 4.25. The molecule has 0 spiro atoms. The number of rotatable bonds is 10. The molecule has 0 radical (unpaired) electrons. The van der Waals surface area contributed by atoms with Crippen LogP contribution in [0.3, 0.4) is 0 Å². The van der Waals surface area contributed by atoms with Gasteiger partial charge in [-0.05, 0) is 80.1 Å². The van der Waals surface area contributed by atoms with E-state index in [1.807, 2.05) is 19.2 Å². The molecular formula is C33H37FN6O4. The highest BCUT2D eigenvalue weighted by atomic mass is 19.1. The summed E-state index contributed by atoms with van der Waals surface area (Å²) in [6.45, 7) is 9.61. The Labute approximate surface area is 256 Å². The number of aryl methyl sites for hydroxylation is 1. The van der Waals surface area contributed by atoms with Gasteiger partial charge in [0.25, 0.3) is 11.8 Å². The zero-order chi connectivity index (χ0) is 31.4. The molecule has 1 saturated carbocycles. The fraction of sp³-hybridized carbons (Fsp3) is 0.364. The molecule has 2 fully saturated rings. The molecule has 3 aromatic rings. The SMILES string of the molecule is C=CC(=O)N1CCN(C[C@@H](Oc2cc(C)c(C(=O)Nc3ncccc3F)cc2C(=O)NC)c2ccc(C3CC3)cn2)C[C@H]1C. The largest absolute Gasteiger partial charge is 0.482 e. The summed E-state index contributed by atoms with van der Waals surface area (Å²) in [5.41, 5.74) is 2.77. The van der Waals surface area contributed by atoms with Crippen LogP contribution in [0, 0.1) is 12.7 Å². The average molecular weight is 601 g/mol. The molecule has 0 unspecified atom stereocenters. The minimum atomic E-state index is -0.669. The lowest BCUT2D eigenvalue weighted by Gasteiger charge is -2.40. The standard InChI is InChI=1S/C33H37FN6O4/c1-5-30(41)40-14-13-39(18-21(40)3)19-29(27-11-10-23(17-37-27)22-8-9-22)44-28-15-20(2)24(16-25(28)32(42)35-4)33(43)38-31-26(34)7-6-12-36-31/h5-7,10-12,15-17,21-22,29H,1,8-9,13-14,18-19H2,2-4H3,(H,35,42)(H,36,38,43)/t21-,29-/m1/s1. The van der Waals surface area contributed by atoms with Crippen LogP contribution in [0.5, 0.6) is 5.75 Å². The molecule has 0 bridgehead atoms. The molecule has 3 heterocycles. The first-order valence-corrected chi connectivity index (χ1v) is 14.7. The molecule has 2 aliphatic rings. The Morgan fingerprint density at radius 1 is 1.14 bits per heavy atom. The van der Waals surface area contributed by atoms with Gasteiger partial charge in [-0.2, -0.15) is 0 Å². The van der Waals surface area contributed by atoms with Crippen molar-refractivity contribution in [3.05, 3.63) is 95.2 Å². The van der Waals surface area contributed by atoms with Crippen molar-refractivity contribution < 1.29 is 23.5 Å². The number of hydrogen-bond donors (Lipinski definition) is 2. The van der Waals surface area contributed by atoms with Crippen molar-refractivity contribution in [2.75, 3.05) is 38.5 Å². The lowest BCUT2D eigenvalue weighted by atomic mass is 10.0. The summed E-state index contributed by atoms with van der Waals surface area (Å²) < 4.78 is 20.8. The first-order chi connectivity index (χ1) is 21.2. The summed E-state index contributed by atoms with van der Waals surface area (Å²) in [6, 6.07) is 9.74. The third-order valence-corrected chi connectivity index (χ3v) is 8.08. The maximum atomic E-state index is 14.2. The summed E-state index contributed by atoms with van der Waals surface area (Å²) >= 11 is 0. The monoisotopic (exact) mass is 600 g/mol. The van der Waals surface area contributed by atoms with Crippen molar-refractivity contribution in [2.45, 2.75) is 44.8 Å². The van der Waals surface area contributed by atoms with Gasteiger partial charge in [0.1, 0.15) is 5.75 Å². The van der Waals surface area contributed by atoms with Crippen LogP contribution in [0.1, 0.15) is 69.3 Å². The van der Waals surface area contributed by atoms with Crippen LogP contribution >= 0.6 is 0 Å². The van der Waals surface area contributed by atoms with E-state index in [0.29, 0.717) is 43.4 Å². The summed E-state index contributed by atoms with van der Waals surface area (Å²) in [5.74, 6) is -1.18. The maximum absolute atomic E-state index is 14.2. The first-order valence-electron chi connectivity index (χ1n) is 14.7. The average Bonchev–Trinajstić information content (AvgIpc) is 3.87. The molecular weight excluding hydrogens is 563 g/mol. The topological polar surface area (TPSA) is 117 Å². The van der Waals surface area contributed by atoms with E-state index in [1.165, 1.54) is 43.1 Å². The fourth-order valence-electron chi connectivity index (χ4n) is 5.48. The first kappa shape index (κ1) is 30.8. The van der Waals surface area contributed by atoms with Gasteiger partial charge in [0.05, 0.1) is 11.3 Å². The number of hydrogen-bond acceptors (Lipinski definition) is 7. The fourth-order valence-corrected chi connectivity index (χ4v) is 5.48. The third kappa shape index (κ3) is 6.94. The van der Waals surface area contributed by atoms with Gasteiger partial charge in [0.15, 0.2) is 17.7 Å². The number of nitrogens with one attached hydrogen (secondary N) is 2.